The zero-order valence-corrected chi connectivity index (χ0v) is 15.6. The van der Waals surface area contributed by atoms with E-state index in [-0.39, 0.29) is 12.6 Å². The second-order valence-electron chi connectivity index (χ2n) is 6.14. The van der Waals surface area contributed by atoms with Crippen LogP contribution in [0.5, 0.6) is 11.5 Å². The van der Waals surface area contributed by atoms with Crippen LogP contribution >= 0.6 is 0 Å². The van der Waals surface area contributed by atoms with Crippen LogP contribution in [0.4, 0.5) is 5.69 Å². The van der Waals surface area contributed by atoms with Crippen LogP contribution in [0.2, 0.25) is 0 Å². The molecule has 0 saturated heterocycles. The van der Waals surface area contributed by atoms with Crippen LogP contribution in [-0.2, 0) is 4.74 Å². The van der Waals surface area contributed by atoms with Gasteiger partial charge in [-0.3, -0.25) is 9.98 Å². The van der Waals surface area contributed by atoms with Crippen LogP contribution in [0.15, 0.2) is 52.7 Å². The summed E-state index contributed by atoms with van der Waals surface area (Å²) in [7, 11) is 3.12. The Morgan fingerprint density at radius 2 is 2.18 bits per heavy atom. The molecule has 1 aromatic carbocycles. The van der Waals surface area contributed by atoms with Crippen molar-refractivity contribution in [1.82, 2.24) is 9.88 Å². The number of amidine groups is 2. The van der Waals surface area contributed by atoms with E-state index in [9.17, 15) is 5.11 Å². The molecule has 2 aliphatic heterocycles. The second kappa shape index (κ2) is 7.69. The largest absolute Gasteiger partial charge is 0.507 e. The van der Waals surface area contributed by atoms with Crippen molar-refractivity contribution < 1.29 is 19.3 Å². The predicted octanol–water partition coefficient (Wildman–Crippen LogP) is 2.78. The minimum Gasteiger partial charge on any atom is -0.507 e. The highest BCUT2D eigenvalue weighted by Gasteiger charge is 2.31. The SMILES string of the molecule is COCOc1ccc2c(c1OC)N=C(/C=C(/O)c1cccnc1)N1CCN=C21. The van der Waals surface area contributed by atoms with Crippen LogP contribution in [0, 0.1) is 0 Å². The molecule has 8 nitrogen and oxygen atoms in total. The summed E-state index contributed by atoms with van der Waals surface area (Å²) in [4.78, 5) is 15.4. The average Bonchev–Trinajstić information content (AvgIpc) is 3.23. The van der Waals surface area contributed by atoms with Crippen molar-refractivity contribution in [2.24, 2.45) is 9.98 Å². The number of hydrogen-bond donors (Lipinski definition) is 1. The molecule has 8 heteroatoms. The number of aliphatic hydroxyl groups is 1. The molecule has 0 spiro atoms. The Hall–Kier alpha value is -3.39. The molecule has 1 N–H and O–H groups in total. The second-order valence-corrected chi connectivity index (χ2v) is 6.14. The normalized spacial score (nSPS) is 15.5. The monoisotopic (exact) mass is 380 g/mol. The maximum Gasteiger partial charge on any atom is 0.188 e. The molecule has 2 aromatic rings. The van der Waals surface area contributed by atoms with Crippen molar-refractivity contribution in [3.8, 4) is 11.5 Å². The number of benzene rings is 1. The van der Waals surface area contributed by atoms with Crippen molar-refractivity contribution in [2.45, 2.75) is 0 Å². The minimum atomic E-state index is 0.0762. The first-order valence-electron chi connectivity index (χ1n) is 8.77. The highest BCUT2D eigenvalue weighted by atomic mass is 16.7. The molecular weight excluding hydrogens is 360 g/mol. The maximum atomic E-state index is 10.5. The lowest BCUT2D eigenvalue weighted by Crippen LogP contribution is -2.36. The third kappa shape index (κ3) is 3.18. The Balaban J connectivity index is 1.81. The molecular formula is C20H20N4O4. The van der Waals surface area contributed by atoms with Gasteiger partial charge in [0.15, 0.2) is 18.3 Å². The van der Waals surface area contributed by atoms with Gasteiger partial charge in [-0.2, -0.15) is 0 Å². The highest BCUT2D eigenvalue weighted by Crippen LogP contribution is 2.43. The third-order valence-electron chi connectivity index (χ3n) is 4.44. The van der Waals surface area contributed by atoms with Crippen molar-refractivity contribution in [3.63, 3.8) is 0 Å². The molecule has 0 atom stereocenters. The summed E-state index contributed by atoms with van der Waals surface area (Å²) in [6.45, 7) is 1.44. The Kier molecular flexibility index (Phi) is 4.94. The molecule has 2 aliphatic rings. The number of methoxy groups -OCH3 is 2. The van der Waals surface area contributed by atoms with Gasteiger partial charge in [-0.15, -0.1) is 0 Å². The minimum absolute atomic E-state index is 0.0762. The number of aliphatic imine (C=N–C) groups is 2. The molecule has 4 rings (SSSR count). The van der Waals surface area contributed by atoms with Gasteiger partial charge < -0.3 is 24.2 Å². The molecule has 0 unspecified atom stereocenters. The fourth-order valence-electron chi connectivity index (χ4n) is 3.18. The molecule has 0 amide bonds. The van der Waals surface area contributed by atoms with Crippen molar-refractivity contribution >= 4 is 23.1 Å². The number of nitrogens with zero attached hydrogens (tertiary/aromatic N) is 4. The topological polar surface area (TPSA) is 88.8 Å². The fraction of sp³-hybridized carbons (Fsp3) is 0.250. The molecule has 0 saturated carbocycles. The number of ether oxygens (including phenoxy) is 3. The molecule has 3 heterocycles. The molecule has 0 aliphatic carbocycles. The van der Waals surface area contributed by atoms with Crippen molar-refractivity contribution in [3.05, 3.63) is 53.9 Å². The van der Waals surface area contributed by atoms with E-state index in [1.807, 2.05) is 17.0 Å². The van der Waals surface area contributed by atoms with E-state index < -0.39 is 0 Å². The first kappa shape index (κ1) is 18.0. The van der Waals surface area contributed by atoms with Gasteiger partial charge in [-0.05, 0) is 24.3 Å². The lowest BCUT2D eigenvalue weighted by molar-refractivity contribution is 0.0492. The Bertz CT molecular complexity index is 970. The van der Waals surface area contributed by atoms with E-state index in [1.54, 1.807) is 44.8 Å². The van der Waals surface area contributed by atoms with E-state index >= 15 is 0 Å². The summed E-state index contributed by atoms with van der Waals surface area (Å²) >= 11 is 0. The van der Waals surface area contributed by atoms with Gasteiger partial charge in [0.25, 0.3) is 0 Å². The maximum absolute atomic E-state index is 10.5. The Morgan fingerprint density at radius 3 is 2.93 bits per heavy atom. The first-order valence-corrected chi connectivity index (χ1v) is 8.77. The summed E-state index contributed by atoms with van der Waals surface area (Å²) in [5.74, 6) is 2.47. The van der Waals surface area contributed by atoms with E-state index in [0.29, 0.717) is 41.7 Å². The van der Waals surface area contributed by atoms with E-state index in [4.69, 9.17) is 19.2 Å². The third-order valence-corrected chi connectivity index (χ3v) is 4.44. The van der Waals surface area contributed by atoms with Gasteiger partial charge in [0.05, 0.1) is 13.7 Å². The van der Waals surface area contributed by atoms with Crippen molar-refractivity contribution in [2.75, 3.05) is 34.1 Å². The van der Waals surface area contributed by atoms with Crippen LogP contribution in [0.1, 0.15) is 11.1 Å². The summed E-state index contributed by atoms with van der Waals surface area (Å²) in [5, 5.41) is 10.5. The molecule has 28 heavy (non-hydrogen) atoms. The standard InChI is InChI=1S/C20H20N4O4/c1-26-12-28-16-6-5-14-18(19(16)27-2)23-17(24-9-8-22-20(14)24)10-15(25)13-4-3-7-21-11-13/h3-7,10-11,25H,8-9,12H2,1-2H3/b15-10+. The van der Waals surface area contributed by atoms with Crippen LogP contribution in [0.25, 0.3) is 5.76 Å². The number of aliphatic hydroxyl groups excluding tert-OH is 1. The number of aromatic nitrogens is 1. The van der Waals surface area contributed by atoms with Gasteiger partial charge in [0.2, 0.25) is 0 Å². The van der Waals surface area contributed by atoms with E-state index in [2.05, 4.69) is 9.98 Å². The number of pyridine rings is 1. The van der Waals surface area contributed by atoms with Crippen LogP contribution in [-0.4, -0.2) is 60.8 Å². The zero-order valence-electron chi connectivity index (χ0n) is 15.6. The highest BCUT2D eigenvalue weighted by molar-refractivity contribution is 6.20. The zero-order chi connectivity index (χ0) is 19.5. The molecule has 0 fully saturated rings. The van der Waals surface area contributed by atoms with E-state index in [1.165, 1.54) is 0 Å². The molecule has 0 radical (unpaired) electrons. The number of fused-ring (bicyclic) bond motifs is 3. The molecule has 0 bridgehead atoms. The molecule has 1 aromatic heterocycles. The fourth-order valence-corrected chi connectivity index (χ4v) is 3.18. The average molecular weight is 380 g/mol. The first-order chi connectivity index (χ1) is 13.7. The van der Waals surface area contributed by atoms with Gasteiger partial charge in [-0.25, -0.2) is 4.99 Å². The van der Waals surface area contributed by atoms with Crippen LogP contribution < -0.4 is 9.47 Å². The van der Waals surface area contributed by atoms with Gasteiger partial charge >= 0.3 is 0 Å². The Morgan fingerprint density at radius 1 is 1.29 bits per heavy atom. The summed E-state index contributed by atoms with van der Waals surface area (Å²) < 4.78 is 16.2. The predicted molar refractivity (Wildman–Crippen MR) is 106 cm³/mol. The summed E-state index contributed by atoms with van der Waals surface area (Å²) in [6.07, 6.45) is 4.87. The van der Waals surface area contributed by atoms with Gasteiger partial charge in [0, 0.05) is 43.3 Å². The smallest absolute Gasteiger partial charge is 0.188 e. The number of rotatable bonds is 6. The van der Waals surface area contributed by atoms with Crippen LogP contribution in [0.3, 0.4) is 0 Å². The lowest BCUT2D eigenvalue weighted by atomic mass is 10.1. The van der Waals surface area contributed by atoms with E-state index in [0.717, 1.165) is 11.4 Å². The quantitative estimate of drug-likeness (QED) is 0.612. The lowest BCUT2D eigenvalue weighted by Gasteiger charge is -2.27. The Labute approximate surface area is 162 Å². The van der Waals surface area contributed by atoms with Gasteiger partial charge in [-0.1, -0.05) is 0 Å². The summed E-state index contributed by atoms with van der Waals surface area (Å²) in [5.41, 5.74) is 2.08. The summed E-state index contributed by atoms with van der Waals surface area (Å²) in [6, 6.07) is 7.28. The number of hydrogen-bond acceptors (Lipinski definition) is 8. The van der Waals surface area contributed by atoms with Gasteiger partial charge in [0.1, 0.15) is 23.1 Å². The molecule has 144 valence electrons. The van der Waals surface area contributed by atoms with Crippen molar-refractivity contribution in [1.29, 1.82) is 0 Å².